The van der Waals surface area contributed by atoms with Crippen molar-refractivity contribution < 1.29 is 4.79 Å². The second-order valence-electron chi connectivity index (χ2n) is 6.26. The molecule has 4 nitrogen and oxygen atoms in total. The van der Waals surface area contributed by atoms with Gasteiger partial charge in [0.25, 0.3) is 0 Å². The van der Waals surface area contributed by atoms with Gasteiger partial charge in [0, 0.05) is 18.3 Å². The highest BCUT2D eigenvalue weighted by atomic mass is 16.2. The summed E-state index contributed by atoms with van der Waals surface area (Å²) in [6.45, 7) is 8.32. The van der Waals surface area contributed by atoms with Crippen LogP contribution >= 0.6 is 0 Å². The molecule has 0 spiro atoms. The highest BCUT2D eigenvalue weighted by Gasteiger charge is 2.28. The van der Waals surface area contributed by atoms with Crippen molar-refractivity contribution in [1.82, 2.24) is 4.90 Å². The number of piperidine rings is 1. The summed E-state index contributed by atoms with van der Waals surface area (Å²) in [5.41, 5.74) is 9.09. The molecule has 0 radical (unpaired) electrons. The number of likely N-dealkylation sites (tertiary alicyclic amines) is 1. The van der Waals surface area contributed by atoms with Gasteiger partial charge in [0.2, 0.25) is 5.91 Å². The van der Waals surface area contributed by atoms with Crippen molar-refractivity contribution in [2.75, 3.05) is 25.0 Å². The largest absolute Gasteiger partial charge is 0.329 e. The number of hydrogen-bond donors (Lipinski definition) is 2. The maximum absolute atomic E-state index is 12.3. The zero-order chi connectivity index (χ0) is 15.4. The molecule has 1 aromatic carbocycles. The Morgan fingerprint density at radius 2 is 2.19 bits per heavy atom. The lowest BCUT2D eigenvalue weighted by Crippen LogP contribution is -2.51. The molecule has 0 saturated carbocycles. The number of benzene rings is 1. The Bertz CT molecular complexity index is 501. The van der Waals surface area contributed by atoms with Crippen LogP contribution in [0.5, 0.6) is 0 Å². The molecule has 1 heterocycles. The quantitative estimate of drug-likeness (QED) is 0.894. The van der Waals surface area contributed by atoms with Gasteiger partial charge in [-0.15, -0.1) is 0 Å². The van der Waals surface area contributed by atoms with Crippen LogP contribution in [-0.4, -0.2) is 36.5 Å². The predicted octanol–water partition coefficient (Wildman–Crippen LogP) is 2.30. The van der Waals surface area contributed by atoms with Crippen molar-refractivity contribution in [2.45, 2.75) is 39.7 Å². The lowest BCUT2D eigenvalue weighted by molar-refractivity contribution is -0.118. The van der Waals surface area contributed by atoms with Crippen LogP contribution in [0.2, 0.25) is 0 Å². The van der Waals surface area contributed by atoms with Gasteiger partial charge in [-0.2, -0.15) is 0 Å². The van der Waals surface area contributed by atoms with E-state index in [1.54, 1.807) is 0 Å². The molecule has 1 amide bonds. The predicted molar refractivity (Wildman–Crippen MR) is 87.4 cm³/mol. The number of nitrogens with two attached hydrogens (primary N) is 1. The monoisotopic (exact) mass is 289 g/mol. The minimum atomic E-state index is 0.0505. The van der Waals surface area contributed by atoms with E-state index in [4.69, 9.17) is 5.73 Å². The second-order valence-corrected chi connectivity index (χ2v) is 6.26. The Morgan fingerprint density at radius 1 is 1.43 bits per heavy atom. The normalized spacial score (nSPS) is 23.0. The van der Waals surface area contributed by atoms with Crippen molar-refractivity contribution >= 4 is 11.6 Å². The molecule has 1 aliphatic rings. The molecule has 1 aliphatic heterocycles. The van der Waals surface area contributed by atoms with Gasteiger partial charge >= 0.3 is 0 Å². The third-order valence-corrected chi connectivity index (χ3v) is 4.47. The molecule has 2 unspecified atom stereocenters. The van der Waals surface area contributed by atoms with Crippen LogP contribution in [0.1, 0.15) is 30.9 Å². The zero-order valence-corrected chi connectivity index (χ0v) is 13.4. The van der Waals surface area contributed by atoms with Crippen LogP contribution in [0.25, 0.3) is 0 Å². The number of carbonyl (C=O) groups is 1. The molecule has 0 aromatic heterocycles. The van der Waals surface area contributed by atoms with Crippen LogP contribution in [0.4, 0.5) is 5.69 Å². The fraction of sp³-hybridized carbons (Fsp3) is 0.588. The summed E-state index contributed by atoms with van der Waals surface area (Å²) in [7, 11) is 0. The maximum Gasteiger partial charge on any atom is 0.238 e. The minimum Gasteiger partial charge on any atom is -0.329 e. The number of aryl methyl sites for hydroxylation is 2. The Labute approximate surface area is 127 Å². The summed E-state index contributed by atoms with van der Waals surface area (Å²) in [6.07, 6.45) is 2.35. The summed E-state index contributed by atoms with van der Waals surface area (Å²) in [5, 5.41) is 3.02. The molecule has 1 aromatic rings. The smallest absolute Gasteiger partial charge is 0.238 e. The van der Waals surface area contributed by atoms with Crippen molar-refractivity contribution in [3.8, 4) is 0 Å². The molecule has 2 rings (SSSR count). The Balaban J connectivity index is 1.97. The van der Waals surface area contributed by atoms with Crippen LogP contribution in [0.15, 0.2) is 18.2 Å². The van der Waals surface area contributed by atoms with Gasteiger partial charge in [-0.3, -0.25) is 9.69 Å². The maximum atomic E-state index is 12.3. The number of hydrogen-bond acceptors (Lipinski definition) is 3. The highest BCUT2D eigenvalue weighted by molar-refractivity contribution is 5.93. The van der Waals surface area contributed by atoms with E-state index in [0.717, 1.165) is 24.2 Å². The first-order valence-corrected chi connectivity index (χ1v) is 7.82. The number of carbonyl (C=O) groups excluding carboxylic acids is 1. The molecule has 0 aliphatic carbocycles. The second kappa shape index (κ2) is 7.05. The summed E-state index contributed by atoms with van der Waals surface area (Å²) >= 11 is 0. The Hall–Kier alpha value is -1.39. The molecule has 0 bridgehead atoms. The number of nitrogens with one attached hydrogen (secondary N) is 1. The van der Waals surface area contributed by atoms with E-state index < -0.39 is 0 Å². The Kier molecular flexibility index (Phi) is 5.37. The fourth-order valence-electron chi connectivity index (χ4n) is 3.24. The molecule has 3 N–H and O–H groups in total. The summed E-state index contributed by atoms with van der Waals surface area (Å²) in [5.74, 6) is 0.618. The third-order valence-electron chi connectivity index (χ3n) is 4.47. The topological polar surface area (TPSA) is 58.4 Å². The first-order chi connectivity index (χ1) is 10.0. The first-order valence-electron chi connectivity index (χ1n) is 7.82. The number of anilines is 1. The summed E-state index contributed by atoms with van der Waals surface area (Å²) < 4.78 is 0. The molecule has 21 heavy (non-hydrogen) atoms. The van der Waals surface area contributed by atoms with Gasteiger partial charge in [0.15, 0.2) is 0 Å². The highest BCUT2D eigenvalue weighted by Crippen LogP contribution is 2.22. The van der Waals surface area contributed by atoms with Gasteiger partial charge < -0.3 is 11.1 Å². The van der Waals surface area contributed by atoms with E-state index in [0.29, 0.717) is 25.0 Å². The summed E-state index contributed by atoms with van der Waals surface area (Å²) in [6, 6.07) is 6.40. The third kappa shape index (κ3) is 4.05. The molecule has 1 fully saturated rings. The van der Waals surface area contributed by atoms with E-state index in [1.165, 1.54) is 12.0 Å². The molecular formula is C17H27N3O. The molecular weight excluding hydrogens is 262 g/mol. The van der Waals surface area contributed by atoms with Gasteiger partial charge in [0.1, 0.15) is 0 Å². The van der Waals surface area contributed by atoms with Crippen LogP contribution in [0, 0.1) is 19.8 Å². The average molecular weight is 289 g/mol. The van der Waals surface area contributed by atoms with Crippen LogP contribution in [-0.2, 0) is 4.79 Å². The van der Waals surface area contributed by atoms with Crippen molar-refractivity contribution in [2.24, 2.45) is 11.7 Å². The molecule has 1 saturated heterocycles. The lowest BCUT2D eigenvalue weighted by Gasteiger charge is -2.38. The van der Waals surface area contributed by atoms with Crippen LogP contribution in [0.3, 0.4) is 0 Å². The molecule has 4 heteroatoms. The SMILES string of the molecule is Cc1ccc(NC(=O)CN2CCCC(C)C2CN)c(C)c1. The minimum absolute atomic E-state index is 0.0505. The molecule has 116 valence electrons. The van der Waals surface area contributed by atoms with E-state index in [-0.39, 0.29) is 5.91 Å². The standard InChI is InChI=1S/C17H27N3O/c1-12-6-7-15(14(3)9-12)19-17(21)11-20-8-4-5-13(2)16(20)10-18/h6-7,9,13,16H,4-5,8,10-11,18H2,1-3H3,(H,19,21). The van der Waals surface area contributed by atoms with E-state index in [9.17, 15) is 4.79 Å². The van der Waals surface area contributed by atoms with E-state index in [1.807, 2.05) is 19.1 Å². The number of amides is 1. The van der Waals surface area contributed by atoms with Gasteiger partial charge in [-0.1, -0.05) is 24.6 Å². The fourth-order valence-corrected chi connectivity index (χ4v) is 3.24. The average Bonchev–Trinajstić information content (AvgIpc) is 2.42. The van der Waals surface area contributed by atoms with Crippen molar-refractivity contribution in [1.29, 1.82) is 0 Å². The Morgan fingerprint density at radius 3 is 2.86 bits per heavy atom. The van der Waals surface area contributed by atoms with E-state index in [2.05, 4.69) is 30.1 Å². The van der Waals surface area contributed by atoms with Gasteiger partial charge in [-0.25, -0.2) is 0 Å². The van der Waals surface area contributed by atoms with Gasteiger partial charge in [0.05, 0.1) is 6.54 Å². The first kappa shape index (κ1) is 16.0. The van der Waals surface area contributed by atoms with E-state index >= 15 is 0 Å². The number of nitrogens with zero attached hydrogens (tertiary/aromatic N) is 1. The number of rotatable bonds is 4. The zero-order valence-electron chi connectivity index (χ0n) is 13.4. The summed E-state index contributed by atoms with van der Waals surface area (Å²) in [4.78, 5) is 14.5. The molecule has 2 atom stereocenters. The van der Waals surface area contributed by atoms with Crippen LogP contribution < -0.4 is 11.1 Å². The van der Waals surface area contributed by atoms with Crippen molar-refractivity contribution in [3.63, 3.8) is 0 Å². The lowest BCUT2D eigenvalue weighted by atomic mass is 9.91. The van der Waals surface area contributed by atoms with Crippen molar-refractivity contribution in [3.05, 3.63) is 29.3 Å². The van der Waals surface area contributed by atoms with Gasteiger partial charge in [-0.05, 0) is 50.8 Å².